The number of aryl methyl sites for hydroxylation is 1. The van der Waals surface area contributed by atoms with E-state index in [1.807, 2.05) is 6.92 Å². The van der Waals surface area contributed by atoms with Gasteiger partial charge in [0.15, 0.2) is 23.0 Å². The van der Waals surface area contributed by atoms with Crippen molar-refractivity contribution in [1.29, 1.82) is 0 Å². The van der Waals surface area contributed by atoms with Gasteiger partial charge in [-0.15, -0.1) is 0 Å². The van der Waals surface area contributed by atoms with Crippen molar-refractivity contribution >= 4 is 10.1 Å². The van der Waals surface area contributed by atoms with Gasteiger partial charge in [-0.25, -0.2) is 0 Å². The summed E-state index contributed by atoms with van der Waals surface area (Å²) < 4.78 is 64.9. The fourth-order valence-electron chi connectivity index (χ4n) is 10.2. The lowest BCUT2D eigenvalue weighted by molar-refractivity contribution is -0.0713. The number of rotatable bonds is 17. The lowest BCUT2D eigenvalue weighted by Gasteiger charge is -2.47. The van der Waals surface area contributed by atoms with Gasteiger partial charge >= 0.3 is 0 Å². The van der Waals surface area contributed by atoms with Gasteiger partial charge in [-0.2, -0.15) is 8.42 Å². The van der Waals surface area contributed by atoms with Crippen molar-refractivity contribution in [3.05, 3.63) is 76.3 Å². The van der Waals surface area contributed by atoms with E-state index >= 15 is 0 Å². The molecule has 0 bridgehead atoms. The third kappa shape index (κ3) is 11.6. The van der Waals surface area contributed by atoms with Crippen LogP contribution >= 0.6 is 0 Å². The Labute approximate surface area is 371 Å². The number of piperidine rings is 2. The van der Waals surface area contributed by atoms with Crippen LogP contribution in [0, 0.1) is 30.6 Å². The third-order valence-electron chi connectivity index (χ3n) is 13.1. The second kappa shape index (κ2) is 22.0. The molecule has 0 saturated carbocycles. The maximum Gasteiger partial charge on any atom is 0.297 e. The highest BCUT2D eigenvalue weighted by Gasteiger charge is 2.41. The fraction of sp³-hybridized carbons (Fsp3) is 0.633. The highest BCUT2D eigenvalue weighted by molar-refractivity contribution is 7.86. The largest absolute Gasteiger partial charge is 0.493 e. The van der Waals surface area contributed by atoms with E-state index in [0.717, 1.165) is 93.3 Å². The second-order valence-corrected chi connectivity index (χ2v) is 19.8. The number of methoxy groups -OCH3 is 4. The van der Waals surface area contributed by atoms with E-state index in [0.29, 0.717) is 36.3 Å². The van der Waals surface area contributed by atoms with Gasteiger partial charge < -0.3 is 33.5 Å². The number of aliphatic hydroxyl groups is 1. The summed E-state index contributed by atoms with van der Waals surface area (Å²) in [6, 6.07) is 15.8. The van der Waals surface area contributed by atoms with E-state index in [-0.39, 0.29) is 43.0 Å². The van der Waals surface area contributed by atoms with Crippen LogP contribution in [0.1, 0.15) is 93.3 Å². The average Bonchev–Trinajstić information content (AvgIpc) is 3.26. The predicted molar refractivity (Wildman–Crippen MR) is 241 cm³/mol. The first kappa shape index (κ1) is 48.0. The zero-order valence-electron chi connectivity index (χ0n) is 38.6. The summed E-state index contributed by atoms with van der Waals surface area (Å²) in [5.41, 5.74) is 6.26. The van der Waals surface area contributed by atoms with Crippen LogP contribution in [0.3, 0.4) is 0 Å². The standard InChI is InChI=1S/C28H39NO6S.C21H33NO4/c1-19(2)14-22-18-29-11-10-21-15-27(32-4)28(33-5)16-24(21)25(29)17-26(22)34-12-13-35-36(30,31)23-8-6-20(3)7-9-23;1-14(2)9-16-13-22-6-5-15-10-20(24-3)21(25-4)11-17(15)18(22)12-19(16)26-8-7-23/h6-9,15-16,19,22,25-26H,10-14,17-18H2,1-5H3;10-11,14,16,18-19,23H,5-9,12-13H2,1-4H3/t22-,25-,26-;16-,18-,19-/m11/s1. The van der Waals surface area contributed by atoms with E-state index in [2.05, 4.69) is 61.8 Å². The molecule has 3 aromatic rings. The van der Waals surface area contributed by atoms with Crippen LogP contribution in [-0.4, -0.2) is 117 Å². The molecule has 1 N–H and O–H groups in total. The maximum atomic E-state index is 12.5. The van der Waals surface area contributed by atoms with Crippen molar-refractivity contribution in [3.63, 3.8) is 0 Å². The minimum Gasteiger partial charge on any atom is -0.493 e. The van der Waals surface area contributed by atoms with Crippen molar-refractivity contribution in [2.24, 2.45) is 23.7 Å². The Bertz CT molecular complexity index is 2010. The van der Waals surface area contributed by atoms with Crippen LogP contribution in [0.15, 0.2) is 53.4 Å². The Hall–Kier alpha value is -3.43. The van der Waals surface area contributed by atoms with Gasteiger partial charge in [0.2, 0.25) is 0 Å². The van der Waals surface area contributed by atoms with Gasteiger partial charge in [0.1, 0.15) is 0 Å². The first-order valence-electron chi connectivity index (χ1n) is 22.6. The molecule has 6 atom stereocenters. The molecule has 0 aromatic heterocycles. The molecule has 62 heavy (non-hydrogen) atoms. The van der Waals surface area contributed by atoms with E-state index in [1.54, 1.807) is 52.7 Å². The summed E-state index contributed by atoms with van der Waals surface area (Å²) in [5.74, 6) is 5.23. The van der Waals surface area contributed by atoms with Crippen molar-refractivity contribution in [1.82, 2.24) is 9.80 Å². The summed E-state index contributed by atoms with van der Waals surface area (Å²) in [6.45, 7) is 15.8. The van der Waals surface area contributed by atoms with E-state index in [4.69, 9.17) is 32.6 Å². The molecular weight excluding hydrogens is 809 g/mol. The zero-order valence-corrected chi connectivity index (χ0v) is 39.4. The van der Waals surface area contributed by atoms with E-state index < -0.39 is 10.1 Å². The van der Waals surface area contributed by atoms with Gasteiger partial charge in [-0.1, -0.05) is 45.4 Å². The van der Waals surface area contributed by atoms with E-state index in [9.17, 15) is 13.5 Å². The van der Waals surface area contributed by atoms with Crippen LogP contribution < -0.4 is 18.9 Å². The maximum absolute atomic E-state index is 12.5. The fourth-order valence-corrected chi connectivity index (χ4v) is 11.1. The SMILES string of the molecule is COc1cc2c(cc1OC)[C@H]1C[C@@H](OCCO)[C@H](CC(C)C)CN1CC2.COc1cc2c(cc1OC)[C@H]1C[C@@H](OCCOS(=O)(=O)c3ccc(C)cc3)[C@H](CC(C)C)CN1CC2. The van der Waals surface area contributed by atoms with Crippen LogP contribution in [0.5, 0.6) is 23.0 Å². The molecule has 7 rings (SSSR count). The zero-order chi connectivity index (χ0) is 44.6. The number of ether oxygens (including phenoxy) is 6. The number of hydrogen-bond donors (Lipinski definition) is 1. The molecule has 0 spiro atoms. The van der Waals surface area contributed by atoms with Crippen molar-refractivity contribution in [2.45, 2.75) is 102 Å². The molecule has 0 unspecified atom stereocenters. The molecule has 12 nitrogen and oxygen atoms in total. The monoisotopic (exact) mass is 880 g/mol. The molecule has 13 heteroatoms. The average molecular weight is 881 g/mol. The van der Waals surface area contributed by atoms with Gasteiger partial charge in [0, 0.05) is 38.3 Å². The second-order valence-electron chi connectivity index (χ2n) is 18.2. The first-order valence-corrected chi connectivity index (χ1v) is 24.0. The van der Waals surface area contributed by atoms with Crippen molar-refractivity contribution in [3.8, 4) is 23.0 Å². The minimum absolute atomic E-state index is 0.00288. The molecule has 4 aliphatic heterocycles. The number of benzene rings is 3. The van der Waals surface area contributed by atoms with Crippen LogP contribution in [-0.2, 0) is 36.6 Å². The quantitative estimate of drug-likeness (QED) is 0.105. The van der Waals surface area contributed by atoms with Crippen LogP contribution in [0.2, 0.25) is 0 Å². The van der Waals surface area contributed by atoms with Gasteiger partial charge in [-0.3, -0.25) is 14.0 Å². The summed E-state index contributed by atoms with van der Waals surface area (Å²) in [4.78, 5) is 5.35. The molecule has 0 aliphatic carbocycles. The number of aliphatic hydroxyl groups excluding tert-OH is 1. The number of fused-ring (bicyclic) bond motifs is 6. The Morgan fingerprint density at radius 3 is 1.50 bits per heavy atom. The Morgan fingerprint density at radius 2 is 1.08 bits per heavy atom. The summed E-state index contributed by atoms with van der Waals surface area (Å²) in [7, 11) is 2.92. The third-order valence-corrected chi connectivity index (χ3v) is 14.4. The Kier molecular flexibility index (Phi) is 17.0. The lowest BCUT2D eigenvalue weighted by Crippen LogP contribution is -2.49. The summed E-state index contributed by atoms with van der Waals surface area (Å²) in [5, 5.41) is 9.22. The molecule has 4 heterocycles. The molecule has 0 radical (unpaired) electrons. The molecule has 344 valence electrons. The minimum atomic E-state index is -3.80. The Morgan fingerprint density at radius 1 is 0.645 bits per heavy atom. The lowest BCUT2D eigenvalue weighted by atomic mass is 9.79. The summed E-state index contributed by atoms with van der Waals surface area (Å²) in [6.07, 6.45) is 6.31. The van der Waals surface area contributed by atoms with Crippen molar-refractivity contribution < 1.29 is 46.1 Å². The molecule has 4 aliphatic rings. The van der Waals surface area contributed by atoms with Crippen LogP contribution in [0.4, 0.5) is 0 Å². The summed E-state index contributed by atoms with van der Waals surface area (Å²) >= 11 is 0. The molecular formula is C49H72N2O10S. The highest BCUT2D eigenvalue weighted by atomic mass is 32.2. The van der Waals surface area contributed by atoms with Gasteiger partial charge in [0.25, 0.3) is 10.1 Å². The van der Waals surface area contributed by atoms with Gasteiger partial charge in [-0.05, 0) is 128 Å². The molecule has 3 aromatic carbocycles. The topological polar surface area (TPSA) is 125 Å². The molecule has 2 saturated heterocycles. The number of nitrogens with zero attached hydrogens (tertiary/aromatic N) is 2. The molecule has 0 amide bonds. The highest BCUT2D eigenvalue weighted by Crippen LogP contribution is 2.46. The first-order chi connectivity index (χ1) is 29.8. The normalized spacial score (nSPS) is 23.7. The smallest absolute Gasteiger partial charge is 0.297 e. The van der Waals surface area contributed by atoms with E-state index in [1.165, 1.54) is 22.3 Å². The van der Waals surface area contributed by atoms with Crippen molar-refractivity contribution in [2.75, 3.05) is 81.0 Å². The Balaban J connectivity index is 0.000000218. The predicted octanol–water partition coefficient (Wildman–Crippen LogP) is 7.81. The van der Waals surface area contributed by atoms with Crippen LogP contribution in [0.25, 0.3) is 0 Å². The van der Waals surface area contributed by atoms with Gasteiger partial charge in [0.05, 0.1) is 72.0 Å². The number of hydrogen-bond acceptors (Lipinski definition) is 12. The molecule has 2 fully saturated rings.